The minimum Gasteiger partial charge on any atom is -0.495 e. The average molecular weight is 318 g/mol. The molecule has 0 aromatic heterocycles. The minimum atomic E-state index is -0.387. The first kappa shape index (κ1) is 16.1. The van der Waals surface area contributed by atoms with Crippen LogP contribution in [0.25, 0.3) is 0 Å². The van der Waals surface area contributed by atoms with Crippen LogP contribution in [-0.2, 0) is 4.74 Å². The van der Waals surface area contributed by atoms with Gasteiger partial charge in [-0.2, -0.15) is 0 Å². The smallest absolute Gasteiger partial charge is 0.412 e. The lowest BCUT2D eigenvalue weighted by molar-refractivity contribution is -0.0161. The second kappa shape index (κ2) is 6.79. The van der Waals surface area contributed by atoms with Gasteiger partial charge in [0.05, 0.1) is 12.8 Å². The molecule has 23 heavy (non-hydrogen) atoms. The number of aryl methyl sites for hydroxylation is 1. The van der Waals surface area contributed by atoms with Crippen LogP contribution in [0.5, 0.6) is 5.75 Å². The van der Waals surface area contributed by atoms with Crippen molar-refractivity contribution < 1.29 is 14.3 Å². The van der Waals surface area contributed by atoms with Crippen molar-refractivity contribution in [3.8, 4) is 5.75 Å². The number of hydrogen-bond donors (Lipinski definition) is 1. The summed E-state index contributed by atoms with van der Waals surface area (Å²) in [4.78, 5) is 14.7. The molecule has 5 nitrogen and oxygen atoms in total. The van der Waals surface area contributed by atoms with Gasteiger partial charge in [-0.1, -0.05) is 12.5 Å². The number of carbonyl (C=O) groups is 1. The second-order valence-corrected chi connectivity index (χ2v) is 6.73. The zero-order valence-corrected chi connectivity index (χ0v) is 14.2. The lowest BCUT2D eigenvalue weighted by Crippen LogP contribution is -2.52. The Balaban J connectivity index is 1.61. The van der Waals surface area contributed by atoms with Crippen LogP contribution in [0.4, 0.5) is 10.5 Å². The van der Waals surface area contributed by atoms with E-state index in [-0.39, 0.29) is 12.2 Å². The number of carbonyl (C=O) groups excluding carboxylic acids is 1. The fourth-order valence-electron chi connectivity index (χ4n) is 3.87. The molecule has 2 atom stereocenters. The molecule has 0 radical (unpaired) electrons. The molecule has 2 aliphatic rings. The maximum atomic E-state index is 12.3. The van der Waals surface area contributed by atoms with Gasteiger partial charge >= 0.3 is 6.09 Å². The van der Waals surface area contributed by atoms with Crippen LogP contribution in [0.1, 0.15) is 37.7 Å². The van der Waals surface area contributed by atoms with E-state index in [4.69, 9.17) is 9.47 Å². The molecule has 2 fully saturated rings. The number of benzene rings is 1. The third kappa shape index (κ3) is 3.61. The standard InChI is InChI=1S/C18H26N2O3/c1-12-7-8-17(22-3)16(9-12)19-18(21)23-15-10-13-5-4-6-14(11-15)20(13)2/h7-9,13-15H,4-6,10-11H2,1-3H3,(H,19,21). The van der Waals surface area contributed by atoms with Crippen molar-refractivity contribution in [2.45, 2.75) is 57.2 Å². The van der Waals surface area contributed by atoms with Crippen LogP contribution in [0.15, 0.2) is 18.2 Å². The Morgan fingerprint density at radius 3 is 2.61 bits per heavy atom. The number of anilines is 1. The number of rotatable bonds is 3. The molecule has 2 heterocycles. The van der Waals surface area contributed by atoms with Crippen LogP contribution >= 0.6 is 0 Å². The van der Waals surface area contributed by atoms with E-state index in [1.54, 1.807) is 7.11 Å². The van der Waals surface area contributed by atoms with Gasteiger partial charge in [0.25, 0.3) is 0 Å². The maximum absolute atomic E-state index is 12.3. The molecule has 0 saturated carbocycles. The van der Waals surface area contributed by atoms with Crippen molar-refractivity contribution in [1.82, 2.24) is 4.90 Å². The molecular formula is C18H26N2O3. The summed E-state index contributed by atoms with van der Waals surface area (Å²) in [6, 6.07) is 6.80. The van der Waals surface area contributed by atoms with Gasteiger partial charge in [0, 0.05) is 24.9 Å². The summed E-state index contributed by atoms with van der Waals surface area (Å²) in [7, 11) is 3.79. The topological polar surface area (TPSA) is 50.8 Å². The Labute approximate surface area is 137 Å². The summed E-state index contributed by atoms with van der Waals surface area (Å²) >= 11 is 0. The van der Waals surface area contributed by atoms with Gasteiger partial charge in [-0.05, 0) is 44.5 Å². The third-order valence-corrected chi connectivity index (χ3v) is 5.16. The Morgan fingerprint density at radius 2 is 1.96 bits per heavy atom. The summed E-state index contributed by atoms with van der Waals surface area (Å²) < 4.78 is 11.0. The Morgan fingerprint density at radius 1 is 1.26 bits per heavy atom. The summed E-state index contributed by atoms with van der Waals surface area (Å²) in [5, 5.41) is 2.83. The zero-order chi connectivity index (χ0) is 16.4. The molecule has 2 aliphatic heterocycles. The van der Waals surface area contributed by atoms with E-state index in [0.29, 0.717) is 23.5 Å². The van der Waals surface area contributed by atoms with Gasteiger partial charge in [-0.15, -0.1) is 0 Å². The van der Waals surface area contributed by atoms with Gasteiger partial charge in [0.2, 0.25) is 0 Å². The van der Waals surface area contributed by atoms with E-state index >= 15 is 0 Å². The molecule has 126 valence electrons. The predicted octanol–water partition coefficient (Wildman–Crippen LogP) is 3.57. The largest absolute Gasteiger partial charge is 0.495 e. The summed E-state index contributed by atoms with van der Waals surface area (Å²) in [6.45, 7) is 1.98. The van der Waals surface area contributed by atoms with E-state index in [2.05, 4.69) is 17.3 Å². The molecule has 2 saturated heterocycles. The SMILES string of the molecule is COc1ccc(C)cc1NC(=O)OC1CC2CCCC(C1)N2C. The van der Waals surface area contributed by atoms with Crippen molar-refractivity contribution in [1.29, 1.82) is 0 Å². The molecule has 1 amide bonds. The van der Waals surface area contributed by atoms with Gasteiger partial charge in [0.1, 0.15) is 11.9 Å². The number of piperidine rings is 2. The maximum Gasteiger partial charge on any atom is 0.412 e. The summed E-state index contributed by atoms with van der Waals surface area (Å²) in [5.74, 6) is 0.646. The number of nitrogens with zero attached hydrogens (tertiary/aromatic N) is 1. The fraction of sp³-hybridized carbons (Fsp3) is 0.611. The number of ether oxygens (including phenoxy) is 2. The number of fused-ring (bicyclic) bond motifs is 2. The van der Waals surface area contributed by atoms with Gasteiger partial charge in [-0.3, -0.25) is 5.32 Å². The van der Waals surface area contributed by atoms with E-state index in [1.165, 1.54) is 19.3 Å². The van der Waals surface area contributed by atoms with E-state index in [1.807, 2.05) is 25.1 Å². The first-order valence-electron chi connectivity index (χ1n) is 8.41. The Kier molecular flexibility index (Phi) is 4.76. The minimum absolute atomic E-state index is 0.0114. The molecule has 1 N–H and O–H groups in total. The molecule has 0 spiro atoms. The van der Waals surface area contributed by atoms with Crippen molar-refractivity contribution >= 4 is 11.8 Å². The fourth-order valence-corrected chi connectivity index (χ4v) is 3.87. The highest BCUT2D eigenvalue weighted by molar-refractivity contribution is 5.87. The number of nitrogens with one attached hydrogen (secondary N) is 1. The van der Waals surface area contributed by atoms with Crippen LogP contribution in [0, 0.1) is 6.92 Å². The third-order valence-electron chi connectivity index (χ3n) is 5.16. The number of hydrogen-bond acceptors (Lipinski definition) is 4. The van der Waals surface area contributed by atoms with Crippen LogP contribution in [0.3, 0.4) is 0 Å². The zero-order valence-electron chi connectivity index (χ0n) is 14.2. The van der Waals surface area contributed by atoms with E-state index in [0.717, 1.165) is 18.4 Å². The molecule has 1 aromatic rings. The first-order chi connectivity index (χ1) is 11.1. The van der Waals surface area contributed by atoms with Gasteiger partial charge in [0.15, 0.2) is 0 Å². The van der Waals surface area contributed by atoms with E-state index < -0.39 is 0 Å². The predicted molar refractivity (Wildman–Crippen MR) is 90.0 cm³/mol. The number of methoxy groups -OCH3 is 1. The molecule has 1 aromatic carbocycles. The Hall–Kier alpha value is -1.75. The highest BCUT2D eigenvalue weighted by Gasteiger charge is 2.37. The highest BCUT2D eigenvalue weighted by atomic mass is 16.6. The van der Waals surface area contributed by atoms with E-state index in [9.17, 15) is 4.79 Å². The van der Waals surface area contributed by atoms with Gasteiger partial charge < -0.3 is 14.4 Å². The summed E-state index contributed by atoms with van der Waals surface area (Å²) in [5.41, 5.74) is 1.72. The number of amides is 1. The van der Waals surface area contributed by atoms with Crippen molar-refractivity contribution in [3.05, 3.63) is 23.8 Å². The van der Waals surface area contributed by atoms with Crippen LogP contribution < -0.4 is 10.1 Å². The monoisotopic (exact) mass is 318 g/mol. The average Bonchev–Trinajstić information content (AvgIpc) is 2.48. The normalized spacial score (nSPS) is 27.3. The Bertz CT molecular complexity index is 561. The highest BCUT2D eigenvalue weighted by Crippen LogP contribution is 2.34. The quantitative estimate of drug-likeness (QED) is 0.925. The molecule has 5 heteroatoms. The lowest BCUT2D eigenvalue weighted by atomic mass is 9.83. The summed E-state index contributed by atoms with van der Waals surface area (Å²) in [6.07, 6.45) is 5.20. The van der Waals surface area contributed by atoms with Crippen molar-refractivity contribution in [3.63, 3.8) is 0 Å². The molecular weight excluding hydrogens is 292 g/mol. The van der Waals surface area contributed by atoms with Gasteiger partial charge in [-0.25, -0.2) is 4.79 Å². The second-order valence-electron chi connectivity index (χ2n) is 6.73. The van der Waals surface area contributed by atoms with Crippen molar-refractivity contribution in [2.75, 3.05) is 19.5 Å². The molecule has 2 bridgehead atoms. The molecule has 0 aliphatic carbocycles. The van der Waals surface area contributed by atoms with Crippen LogP contribution in [-0.4, -0.2) is 43.3 Å². The van der Waals surface area contributed by atoms with Crippen molar-refractivity contribution in [2.24, 2.45) is 0 Å². The molecule has 2 unspecified atom stereocenters. The van der Waals surface area contributed by atoms with Crippen LogP contribution in [0.2, 0.25) is 0 Å². The lowest BCUT2D eigenvalue weighted by Gasteiger charge is -2.46. The molecule has 3 rings (SSSR count). The first-order valence-corrected chi connectivity index (χ1v) is 8.41.